The van der Waals surface area contributed by atoms with Crippen LogP contribution in [0.5, 0.6) is 0 Å². The van der Waals surface area contributed by atoms with Gasteiger partial charge in [-0.3, -0.25) is 9.55 Å². The van der Waals surface area contributed by atoms with Gasteiger partial charge in [-0.25, -0.2) is 9.89 Å². The first kappa shape index (κ1) is 16.3. The lowest BCUT2D eigenvalue weighted by atomic mass is 10.0. The molecule has 0 unspecified atom stereocenters. The summed E-state index contributed by atoms with van der Waals surface area (Å²) >= 11 is 1.68. The van der Waals surface area contributed by atoms with Crippen LogP contribution in [0, 0.1) is 0 Å². The number of H-pyrrole nitrogens is 1. The summed E-state index contributed by atoms with van der Waals surface area (Å²) < 4.78 is 7.63. The van der Waals surface area contributed by atoms with Gasteiger partial charge in [-0.1, -0.05) is 31.2 Å². The van der Waals surface area contributed by atoms with Crippen LogP contribution in [0.2, 0.25) is 0 Å². The smallest absolute Gasteiger partial charge is 0.343 e. The maximum atomic E-state index is 11.9. The summed E-state index contributed by atoms with van der Waals surface area (Å²) in [5, 5.41) is 7.95. The summed E-state index contributed by atoms with van der Waals surface area (Å²) in [6, 6.07) is 3.99. The molecule has 7 heteroatoms. The van der Waals surface area contributed by atoms with Gasteiger partial charge in [0.05, 0.1) is 6.10 Å². The highest BCUT2D eigenvalue weighted by Crippen LogP contribution is 2.36. The lowest BCUT2D eigenvalue weighted by Crippen LogP contribution is -2.23. The van der Waals surface area contributed by atoms with Crippen LogP contribution < -0.4 is 5.69 Å². The third kappa shape index (κ3) is 4.03. The van der Waals surface area contributed by atoms with Crippen molar-refractivity contribution in [3.63, 3.8) is 0 Å². The fraction of sp³-hybridized carbons (Fsp3) is 0.562. The topological polar surface area (TPSA) is 72.8 Å². The zero-order chi connectivity index (χ0) is 16.1. The van der Waals surface area contributed by atoms with Crippen LogP contribution in [-0.4, -0.2) is 31.6 Å². The van der Waals surface area contributed by atoms with Gasteiger partial charge in [0.15, 0.2) is 5.16 Å². The van der Waals surface area contributed by atoms with E-state index in [4.69, 9.17) is 4.74 Å². The summed E-state index contributed by atoms with van der Waals surface area (Å²) in [4.78, 5) is 16.0. The lowest BCUT2D eigenvalue weighted by molar-refractivity contribution is 0.0176. The molecular formula is C16H22N4O2S. The van der Waals surface area contributed by atoms with E-state index >= 15 is 0 Å². The molecule has 124 valence electrons. The van der Waals surface area contributed by atoms with Gasteiger partial charge in [0.1, 0.15) is 0 Å². The summed E-state index contributed by atoms with van der Waals surface area (Å²) in [5.74, 6) is 0. The average Bonchev–Trinajstić information content (AvgIpc) is 2.94. The molecule has 3 heterocycles. The van der Waals surface area contributed by atoms with Crippen molar-refractivity contribution in [2.45, 2.75) is 55.7 Å². The van der Waals surface area contributed by atoms with Crippen LogP contribution >= 0.6 is 11.8 Å². The number of rotatable bonds is 6. The molecule has 0 spiro atoms. The number of pyridine rings is 1. The maximum absolute atomic E-state index is 11.9. The molecule has 0 aliphatic carbocycles. The van der Waals surface area contributed by atoms with E-state index in [0.717, 1.165) is 49.6 Å². The molecule has 1 aliphatic heterocycles. The molecule has 1 N–H and O–H groups in total. The van der Waals surface area contributed by atoms with Crippen LogP contribution in [0.4, 0.5) is 0 Å². The zero-order valence-electron chi connectivity index (χ0n) is 13.3. The molecule has 3 rings (SSSR count). The Hall–Kier alpha value is -1.60. The number of aromatic amines is 1. The number of aromatic nitrogens is 4. The number of unbranched alkanes of at least 4 members (excludes halogenated alkanes) is 1. The van der Waals surface area contributed by atoms with Gasteiger partial charge in [0.2, 0.25) is 0 Å². The van der Waals surface area contributed by atoms with Crippen LogP contribution in [0.1, 0.15) is 44.3 Å². The van der Waals surface area contributed by atoms with E-state index in [-0.39, 0.29) is 11.8 Å². The first-order valence-corrected chi connectivity index (χ1v) is 8.99. The van der Waals surface area contributed by atoms with E-state index in [1.54, 1.807) is 22.5 Å². The fourth-order valence-corrected chi connectivity index (χ4v) is 3.91. The Labute approximate surface area is 139 Å². The van der Waals surface area contributed by atoms with E-state index in [0.29, 0.717) is 5.25 Å². The summed E-state index contributed by atoms with van der Waals surface area (Å²) in [5.41, 5.74) is 1.00. The largest absolute Gasteiger partial charge is 0.373 e. The van der Waals surface area contributed by atoms with Crippen molar-refractivity contribution in [3.05, 3.63) is 40.6 Å². The Kier molecular flexibility index (Phi) is 5.51. The molecule has 1 aliphatic rings. The highest BCUT2D eigenvalue weighted by Gasteiger charge is 2.26. The van der Waals surface area contributed by atoms with Crippen LogP contribution in [0.3, 0.4) is 0 Å². The van der Waals surface area contributed by atoms with Crippen LogP contribution in [0.15, 0.2) is 34.5 Å². The third-order valence-corrected chi connectivity index (χ3v) is 5.31. The number of ether oxygens (including phenoxy) is 1. The number of nitrogens with zero attached hydrogens (tertiary/aromatic N) is 3. The minimum Gasteiger partial charge on any atom is -0.373 e. The molecule has 0 saturated carbocycles. The van der Waals surface area contributed by atoms with Crippen molar-refractivity contribution < 1.29 is 4.74 Å². The maximum Gasteiger partial charge on any atom is 0.343 e. The summed E-state index contributed by atoms with van der Waals surface area (Å²) in [6.45, 7) is 3.57. The fourth-order valence-electron chi connectivity index (χ4n) is 2.73. The number of nitrogens with one attached hydrogen (secondary N) is 1. The van der Waals surface area contributed by atoms with Gasteiger partial charge in [-0.15, -0.1) is 5.10 Å². The van der Waals surface area contributed by atoms with E-state index in [1.807, 2.05) is 12.3 Å². The number of hydrogen-bond acceptors (Lipinski definition) is 5. The van der Waals surface area contributed by atoms with E-state index < -0.39 is 0 Å². The second kappa shape index (κ2) is 7.79. The first-order valence-electron chi connectivity index (χ1n) is 8.11. The van der Waals surface area contributed by atoms with Gasteiger partial charge in [-0.2, -0.15) is 0 Å². The number of hydrogen-bond donors (Lipinski definition) is 1. The van der Waals surface area contributed by atoms with E-state index in [9.17, 15) is 4.79 Å². The molecule has 1 fully saturated rings. The van der Waals surface area contributed by atoms with Gasteiger partial charge in [-0.05, 0) is 30.9 Å². The lowest BCUT2D eigenvalue weighted by Gasteiger charge is -2.29. The Balaban J connectivity index is 1.67. The van der Waals surface area contributed by atoms with Crippen molar-refractivity contribution in [1.82, 2.24) is 19.7 Å². The predicted octanol–water partition coefficient (Wildman–Crippen LogP) is 2.78. The Bertz CT molecular complexity index is 670. The molecule has 2 aromatic rings. The Morgan fingerprint density at radius 3 is 3.22 bits per heavy atom. The minimum absolute atomic E-state index is 0.0738. The monoisotopic (exact) mass is 334 g/mol. The molecule has 0 amide bonds. The summed E-state index contributed by atoms with van der Waals surface area (Å²) in [6.07, 6.45) is 7.63. The molecule has 0 radical (unpaired) electrons. The van der Waals surface area contributed by atoms with Crippen molar-refractivity contribution in [2.75, 3.05) is 6.61 Å². The Morgan fingerprint density at radius 2 is 2.43 bits per heavy atom. The van der Waals surface area contributed by atoms with Crippen molar-refractivity contribution in [1.29, 1.82) is 0 Å². The highest BCUT2D eigenvalue weighted by atomic mass is 32.2. The minimum atomic E-state index is -0.114. The van der Waals surface area contributed by atoms with Crippen molar-refractivity contribution in [3.8, 4) is 0 Å². The van der Waals surface area contributed by atoms with Crippen LogP contribution in [0.25, 0.3) is 0 Å². The van der Waals surface area contributed by atoms with E-state index in [1.165, 1.54) is 0 Å². The number of thioether (sulfide) groups is 1. The van der Waals surface area contributed by atoms with Gasteiger partial charge < -0.3 is 4.74 Å². The predicted molar refractivity (Wildman–Crippen MR) is 89.6 cm³/mol. The second-order valence-electron chi connectivity index (χ2n) is 5.73. The highest BCUT2D eigenvalue weighted by molar-refractivity contribution is 7.99. The molecule has 0 aromatic carbocycles. The van der Waals surface area contributed by atoms with Gasteiger partial charge >= 0.3 is 5.69 Å². The van der Waals surface area contributed by atoms with Crippen molar-refractivity contribution >= 4 is 11.8 Å². The van der Waals surface area contributed by atoms with Crippen LogP contribution in [-0.2, 0) is 11.3 Å². The molecule has 0 bridgehead atoms. The second-order valence-corrected chi connectivity index (χ2v) is 6.99. The van der Waals surface area contributed by atoms with E-state index in [2.05, 4.69) is 28.2 Å². The summed E-state index contributed by atoms with van der Waals surface area (Å²) in [7, 11) is 0. The molecule has 23 heavy (non-hydrogen) atoms. The molecular weight excluding hydrogens is 312 g/mol. The molecule has 2 atom stereocenters. The third-order valence-electron chi connectivity index (χ3n) is 4.02. The molecule has 1 saturated heterocycles. The first-order chi connectivity index (χ1) is 11.3. The zero-order valence-corrected chi connectivity index (χ0v) is 14.1. The van der Waals surface area contributed by atoms with Crippen molar-refractivity contribution in [2.24, 2.45) is 0 Å². The average molecular weight is 334 g/mol. The quantitative estimate of drug-likeness (QED) is 0.879. The normalized spacial score (nSPS) is 21.4. The molecule has 2 aromatic heterocycles. The van der Waals surface area contributed by atoms with Gasteiger partial charge in [0.25, 0.3) is 0 Å². The van der Waals surface area contributed by atoms with Gasteiger partial charge in [0, 0.05) is 30.8 Å². The standard InChI is InChI=1S/C16H22N4O2S/c1-2-3-8-20-15(21)18-19-16(20)23-13-6-9-22-14(10-13)12-5-4-7-17-11-12/h4-5,7,11,13-14H,2-3,6,8-10H2,1H3,(H,18,21)/t13-,14+/m0/s1. The SMILES string of the molecule is CCCCn1c(S[C@H]2CCO[C@@H](c3cccnc3)C2)n[nH]c1=O. The molecule has 6 nitrogen and oxygen atoms in total. The Morgan fingerprint density at radius 1 is 1.52 bits per heavy atom.